The highest BCUT2D eigenvalue weighted by Gasteiger charge is 2.43. The Bertz CT molecular complexity index is 437. The van der Waals surface area contributed by atoms with E-state index in [1.165, 1.54) is 24.5 Å². The Morgan fingerprint density at radius 1 is 1.28 bits per heavy atom. The molecule has 0 N–H and O–H groups in total. The predicted molar refractivity (Wildman–Crippen MR) is 71.9 cm³/mol. The van der Waals surface area contributed by atoms with E-state index in [9.17, 15) is 4.39 Å². The molecule has 0 aromatic heterocycles. The predicted octanol–water partition coefficient (Wildman–Crippen LogP) is 3.20. The van der Waals surface area contributed by atoms with Crippen LogP contribution in [0.5, 0.6) is 0 Å². The van der Waals surface area contributed by atoms with E-state index in [4.69, 9.17) is 4.74 Å². The van der Waals surface area contributed by atoms with Crippen molar-refractivity contribution in [3.8, 4) is 0 Å². The first kappa shape index (κ1) is 12.6. The monoisotopic (exact) mass is 313 g/mol. The van der Waals surface area contributed by atoms with Crippen molar-refractivity contribution in [1.29, 1.82) is 0 Å². The van der Waals surface area contributed by atoms with Crippen LogP contribution >= 0.6 is 15.9 Å². The van der Waals surface area contributed by atoms with Crippen molar-refractivity contribution in [2.45, 2.75) is 19.4 Å². The second-order valence-electron chi connectivity index (χ2n) is 5.51. The molecule has 2 nitrogen and oxygen atoms in total. The fraction of sp³-hybridized carbons (Fsp3) is 0.571. The second kappa shape index (κ2) is 4.91. The molecule has 0 atom stereocenters. The van der Waals surface area contributed by atoms with Gasteiger partial charge in [-0.2, -0.15) is 0 Å². The fourth-order valence-electron chi connectivity index (χ4n) is 3.03. The molecule has 2 fully saturated rings. The minimum absolute atomic E-state index is 0.191. The summed E-state index contributed by atoms with van der Waals surface area (Å²) in [6, 6.07) is 5.28. The summed E-state index contributed by atoms with van der Waals surface area (Å²) in [6.07, 6.45) is 2.38. The number of hydrogen-bond donors (Lipinski definition) is 0. The third kappa shape index (κ3) is 2.46. The summed E-state index contributed by atoms with van der Waals surface area (Å²) in [7, 11) is 0. The number of rotatable bonds is 2. The number of nitrogens with zero attached hydrogens (tertiary/aromatic N) is 1. The van der Waals surface area contributed by atoms with Crippen LogP contribution in [-0.2, 0) is 11.3 Å². The van der Waals surface area contributed by atoms with E-state index < -0.39 is 0 Å². The molecule has 2 heterocycles. The smallest absolute Gasteiger partial charge is 0.137 e. The topological polar surface area (TPSA) is 12.5 Å². The maximum absolute atomic E-state index is 13.1. The zero-order chi connectivity index (χ0) is 12.6. The van der Waals surface area contributed by atoms with E-state index in [1.807, 2.05) is 12.1 Å². The minimum atomic E-state index is -0.191. The molecular weight excluding hydrogens is 297 g/mol. The van der Waals surface area contributed by atoms with E-state index >= 15 is 0 Å². The standard InChI is InChI=1S/C14H17BrFNO/c15-12-7-11(1-2-13(12)16)8-17-9-14(10-17)3-5-18-6-4-14/h1-2,7H,3-6,8-10H2. The van der Waals surface area contributed by atoms with Gasteiger partial charge in [-0.05, 0) is 46.5 Å². The first-order chi connectivity index (χ1) is 8.67. The van der Waals surface area contributed by atoms with Crippen LogP contribution in [-0.4, -0.2) is 31.2 Å². The van der Waals surface area contributed by atoms with Crippen molar-refractivity contribution >= 4 is 15.9 Å². The lowest BCUT2D eigenvalue weighted by molar-refractivity contribution is -0.0839. The van der Waals surface area contributed by atoms with E-state index in [0.717, 1.165) is 32.8 Å². The van der Waals surface area contributed by atoms with Crippen molar-refractivity contribution in [3.63, 3.8) is 0 Å². The van der Waals surface area contributed by atoms with Crippen LogP contribution in [0.15, 0.2) is 22.7 Å². The van der Waals surface area contributed by atoms with Gasteiger partial charge in [0.2, 0.25) is 0 Å². The van der Waals surface area contributed by atoms with E-state index in [-0.39, 0.29) is 5.82 Å². The molecule has 98 valence electrons. The van der Waals surface area contributed by atoms with E-state index in [0.29, 0.717) is 9.89 Å². The summed E-state index contributed by atoms with van der Waals surface area (Å²) in [5, 5.41) is 0. The van der Waals surface area contributed by atoms with Gasteiger partial charge in [0.25, 0.3) is 0 Å². The zero-order valence-corrected chi connectivity index (χ0v) is 11.9. The third-order valence-electron chi connectivity index (χ3n) is 4.06. The number of halogens is 2. The van der Waals surface area contributed by atoms with Crippen LogP contribution in [0.3, 0.4) is 0 Å². The summed E-state index contributed by atoms with van der Waals surface area (Å²) >= 11 is 3.24. The highest BCUT2D eigenvalue weighted by molar-refractivity contribution is 9.10. The maximum Gasteiger partial charge on any atom is 0.137 e. The number of hydrogen-bond acceptors (Lipinski definition) is 2. The molecule has 18 heavy (non-hydrogen) atoms. The van der Waals surface area contributed by atoms with Gasteiger partial charge in [0, 0.05) is 38.3 Å². The van der Waals surface area contributed by atoms with Gasteiger partial charge >= 0.3 is 0 Å². The summed E-state index contributed by atoms with van der Waals surface area (Å²) in [5.74, 6) is -0.191. The highest BCUT2D eigenvalue weighted by Crippen LogP contribution is 2.40. The Morgan fingerprint density at radius 3 is 2.67 bits per heavy atom. The Labute approximate surface area is 115 Å². The lowest BCUT2D eigenvalue weighted by Gasteiger charge is -2.52. The fourth-order valence-corrected chi connectivity index (χ4v) is 3.46. The first-order valence-electron chi connectivity index (χ1n) is 6.41. The molecule has 3 rings (SSSR count). The van der Waals surface area contributed by atoms with Crippen molar-refractivity contribution in [2.24, 2.45) is 5.41 Å². The average Bonchev–Trinajstić information content (AvgIpc) is 2.33. The molecule has 4 heteroatoms. The minimum Gasteiger partial charge on any atom is -0.381 e. The Morgan fingerprint density at radius 2 is 2.00 bits per heavy atom. The van der Waals surface area contributed by atoms with Crippen molar-refractivity contribution in [3.05, 3.63) is 34.1 Å². The molecule has 2 aliphatic heterocycles. The van der Waals surface area contributed by atoms with Gasteiger partial charge in [0.15, 0.2) is 0 Å². The number of benzene rings is 1. The summed E-state index contributed by atoms with van der Waals surface area (Å²) in [6.45, 7) is 5.06. The van der Waals surface area contributed by atoms with E-state index in [2.05, 4.69) is 20.8 Å². The molecule has 1 aromatic rings. The first-order valence-corrected chi connectivity index (χ1v) is 7.20. The van der Waals surface area contributed by atoms with Gasteiger partial charge in [-0.25, -0.2) is 4.39 Å². The Balaban J connectivity index is 1.57. The Kier molecular flexibility index (Phi) is 3.43. The number of likely N-dealkylation sites (tertiary alicyclic amines) is 1. The van der Waals surface area contributed by atoms with Crippen LogP contribution in [0.4, 0.5) is 4.39 Å². The van der Waals surface area contributed by atoms with Crippen LogP contribution in [0.2, 0.25) is 0 Å². The van der Waals surface area contributed by atoms with Gasteiger partial charge < -0.3 is 4.74 Å². The quantitative estimate of drug-likeness (QED) is 0.831. The van der Waals surface area contributed by atoms with Crippen LogP contribution in [0.25, 0.3) is 0 Å². The highest BCUT2D eigenvalue weighted by atomic mass is 79.9. The van der Waals surface area contributed by atoms with Gasteiger partial charge in [0.1, 0.15) is 5.82 Å². The molecule has 2 saturated heterocycles. The van der Waals surface area contributed by atoms with Gasteiger partial charge in [0.05, 0.1) is 4.47 Å². The lowest BCUT2D eigenvalue weighted by atomic mass is 9.73. The van der Waals surface area contributed by atoms with Gasteiger partial charge in [-0.1, -0.05) is 6.07 Å². The SMILES string of the molecule is Fc1ccc(CN2CC3(CCOCC3)C2)cc1Br. The average molecular weight is 314 g/mol. The van der Waals surface area contributed by atoms with Gasteiger partial charge in [-0.3, -0.25) is 4.90 Å². The van der Waals surface area contributed by atoms with E-state index in [1.54, 1.807) is 0 Å². The largest absolute Gasteiger partial charge is 0.381 e. The molecule has 0 unspecified atom stereocenters. The molecular formula is C14H17BrFNO. The van der Waals surface area contributed by atoms with Crippen LogP contribution in [0, 0.1) is 11.2 Å². The normalized spacial score (nSPS) is 23.0. The van der Waals surface area contributed by atoms with Crippen molar-refractivity contribution in [2.75, 3.05) is 26.3 Å². The van der Waals surface area contributed by atoms with Crippen molar-refractivity contribution < 1.29 is 9.13 Å². The Hall–Kier alpha value is -0.450. The lowest BCUT2D eigenvalue weighted by Crippen LogP contribution is -2.57. The van der Waals surface area contributed by atoms with Crippen LogP contribution in [0.1, 0.15) is 18.4 Å². The molecule has 0 saturated carbocycles. The molecule has 0 amide bonds. The second-order valence-corrected chi connectivity index (χ2v) is 6.36. The number of ether oxygens (including phenoxy) is 1. The van der Waals surface area contributed by atoms with Crippen molar-refractivity contribution in [1.82, 2.24) is 4.90 Å². The molecule has 0 bridgehead atoms. The van der Waals surface area contributed by atoms with Crippen LogP contribution < -0.4 is 0 Å². The molecule has 2 aliphatic rings. The molecule has 1 aromatic carbocycles. The maximum atomic E-state index is 13.1. The summed E-state index contributed by atoms with van der Waals surface area (Å²) in [5.41, 5.74) is 1.68. The summed E-state index contributed by atoms with van der Waals surface area (Å²) < 4.78 is 19.1. The molecule has 0 aliphatic carbocycles. The summed E-state index contributed by atoms with van der Waals surface area (Å²) in [4.78, 5) is 2.44. The molecule has 1 spiro atoms. The zero-order valence-electron chi connectivity index (χ0n) is 10.3. The van der Waals surface area contributed by atoms with Gasteiger partial charge in [-0.15, -0.1) is 0 Å². The molecule has 0 radical (unpaired) electrons. The third-order valence-corrected chi connectivity index (χ3v) is 4.67.